The number of hydrogen-bond donors (Lipinski definition) is 0. The molecule has 0 saturated carbocycles. The van der Waals surface area contributed by atoms with Crippen LogP contribution in [0.2, 0.25) is 0 Å². The van der Waals surface area contributed by atoms with E-state index in [1.807, 2.05) is 0 Å². The molecule has 0 N–H and O–H groups in total. The molecule has 0 atom stereocenters. The molecule has 0 aliphatic heterocycles. The summed E-state index contributed by atoms with van der Waals surface area (Å²) < 4.78 is 0. The average Bonchev–Trinajstić information content (AvgIpc) is 2.47. The van der Waals surface area contributed by atoms with Crippen LogP contribution in [-0.2, 0) is 0 Å². The van der Waals surface area contributed by atoms with Crippen LogP contribution < -0.4 is 0 Å². The molecule has 0 aliphatic rings. The molecule has 2 nitrogen and oxygen atoms in total. The first-order valence-corrected chi connectivity index (χ1v) is 6.37. The van der Waals surface area contributed by atoms with Gasteiger partial charge in [-0.2, -0.15) is 0 Å². The second kappa shape index (κ2) is 3.75. The van der Waals surface area contributed by atoms with Gasteiger partial charge in [0, 0.05) is 23.2 Å². The van der Waals surface area contributed by atoms with Gasteiger partial charge < -0.3 is 0 Å². The molecule has 0 unspecified atom stereocenters. The Bertz CT molecular complexity index is 881. The van der Waals surface area contributed by atoms with Crippen molar-refractivity contribution in [2.24, 2.45) is 0 Å². The Balaban J connectivity index is 2.48. The molecule has 0 amide bonds. The van der Waals surface area contributed by atoms with Crippen LogP contribution in [0.15, 0.2) is 54.9 Å². The predicted octanol–water partition coefficient (Wildman–Crippen LogP) is 4.24. The molecule has 0 spiro atoms. The Morgan fingerprint density at radius 3 is 2.21 bits per heavy atom. The lowest BCUT2D eigenvalue weighted by atomic mass is 9.97. The fourth-order valence-corrected chi connectivity index (χ4v) is 2.85. The minimum absolute atomic E-state index is 0.986. The number of rotatable bonds is 0. The van der Waals surface area contributed by atoms with Crippen LogP contribution in [0.25, 0.3) is 32.6 Å². The van der Waals surface area contributed by atoms with Crippen molar-refractivity contribution in [2.75, 3.05) is 0 Å². The van der Waals surface area contributed by atoms with Gasteiger partial charge in [-0.05, 0) is 23.3 Å². The number of aryl methyl sites for hydroxylation is 1. The van der Waals surface area contributed by atoms with Gasteiger partial charge in [0.15, 0.2) is 0 Å². The minimum Gasteiger partial charge on any atom is -0.252 e. The smallest absolute Gasteiger partial charge is 0.0974 e. The molecule has 2 heteroatoms. The van der Waals surface area contributed by atoms with E-state index < -0.39 is 0 Å². The molecule has 0 fully saturated rings. The third kappa shape index (κ3) is 1.37. The summed E-state index contributed by atoms with van der Waals surface area (Å²) in [5, 5.41) is 4.88. The Morgan fingerprint density at radius 2 is 1.37 bits per heavy atom. The summed E-state index contributed by atoms with van der Waals surface area (Å²) in [5.74, 6) is 0. The summed E-state index contributed by atoms with van der Waals surface area (Å²) in [6, 6.07) is 14.8. The zero-order valence-electron chi connectivity index (χ0n) is 10.6. The fraction of sp³-hybridized carbons (Fsp3) is 0.0588. The molecule has 4 aromatic rings. The molecule has 1 aromatic heterocycles. The highest BCUT2D eigenvalue weighted by Crippen LogP contribution is 2.34. The Kier molecular flexibility index (Phi) is 2.06. The van der Waals surface area contributed by atoms with Crippen molar-refractivity contribution >= 4 is 32.6 Å². The molecular formula is C17H12N2. The molecule has 0 radical (unpaired) electrons. The van der Waals surface area contributed by atoms with E-state index in [1.54, 1.807) is 12.4 Å². The van der Waals surface area contributed by atoms with E-state index in [4.69, 9.17) is 0 Å². The summed E-state index contributed by atoms with van der Waals surface area (Å²) in [7, 11) is 0. The van der Waals surface area contributed by atoms with Gasteiger partial charge in [-0.25, -0.2) is 0 Å². The van der Waals surface area contributed by atoms with Gasteiger partial charge in [-0.1, -0.05) is 42.5 Å². The van der Waals surface area contributed by atoms with E-state index in [0.29, 0.717) is 0 Å². The molecule has 0 aliphatic carbocycles. The summed E-state index contributed by atoms with van der Waals surface area (Å²) in [6.07, 6.45) is 3.53. The molecule has 3 aromatic carbocycles. The standard InChI is InChI=1S/C17H12N2/c1-11-5-4-8-13-12-6-2-3-7-14(12)16-17(15(11)13)19-10-9-18-16/h2-10H,1H3. The quantitative estimate of drug-likeness (QED) is 0.432. The fourth-order valence-electron chi connectivity index (χ4n) is 2.85. The number of nitrogens with zero attached hydrogens (tertiary/aromatic N) is 2. The first-order chi connectivity index (χ1) is 9.36. The van der Waals surface area contributed by atoms with E-state index in [1.165, 1.54) is 27.1 Å². The molecule has 1 heterocycles. The SMILES string of the molecule is Cc1cccc2c3ccccc3c3nccnc3c12. The maximum Gasteiger partial charge on any atom is 0.0974 e. The van der Waals surface area contributed by atoms with Gasteiger partial charge in [0.2, 0.25) is 0 Å². The van der Waals surface area contributed by atoms with E-state index in [2.05, 4.69) is 59.4 Å². The van der Waals surface area contributed by atoms with E-state index in [9.17, 15) is 0 Å². The largest absolute Gasteiger partial charge is 0.252 e. The van der Waals surface area contributed by atoms with Gasteiger partial charge in [-0.15, -0.1) is 0 Å². The second-order valence-electron chi connectivity index (χ2n) is 4.80. The molecule has 0 bridgehead atoms. The number of benzene rings is 3. The van der Waals surface area contributed by atoms with Crippen LogP contribution in [0.5, 0.6) is 0 Å². The van der Waals surface area contributed by atoms with E-state index >= 15 is 0 Å². The lowest BCUT2D eigenvalue weighted by Gasteiger charge is -2.10. The zero-order chi connectivity index (χ0) is 12.8. The van der Waals surface area contributed by atoms with Crippen molar-refractivity contribution in [2.45, 2.75) is 6.92 Å². The monoisotopic (exact) mass is 244 g/mol. The van der Waals surface area contributed by atoms with Crippen LogP contribution in [0.4, 0.5) is 0 Å². The maximum atomic E-state index is 4.56. The highest BCUT2D eigenvalue weighted by molar-refractivity contribution is 6.23. The van der Waals surface area contributed by atoms with Gasteiger partial charge in [0.05, 0.1) is 11.0 Å². The van der Waals surface area contributed by atoms with Crippen molar-refractivity contribution in [3.05, 3.63) is 60.4 Å². The van der Waals surface area contributed by atoms with E-state index in [0.717, 1.165) is 11.0 Å². The number of hydrogen-bond acceptors (Lipinski definition) is 2. The summed E-state index contributed by atoms with van der Waals surface area (Å²) in [6.45, 7) is 2.13. The van der Waals surface area contributed by atoms with Crippen molar-refractivity contribution in [3.63, 3.8) is 0 Å². The maximum absolute atomic E-state index is 4.56. The summed E-state index contributed by atoms with van der Waals surface area (Å²) in [5.41, 5.74) is 3.22. The molecule has 4 rings (SSSR count). The Morgan fingerprint density at radius 1 is 0.684 bits per heavy atom. The number of fused-ring (bicyclic) bond motifs is 6. The number of aromatic nitrogens is 2. The molecule has 90 valence electrons. The van der Waals surface area contributed by atoms with Gasteiger partial charge in [0.25, 0.3) is 0 Å². The highest BCUT2D eigenvalue weighted by atomic mass is 14.8. The lowest BCUT2D eigenvalue weighted by Crippen LogP contribution is -1.89. The second-order valence-corrected chi connectivity index (χ2v) is 4.80. The zero-order valence-corrected chi connectivity index (χ0v) is 10.6. The molecule has 0 saturated heterocycles. The van der Waals surface area contributed by atoms with Crippen LogP contribution in [-0.4, -0.2) is 9.97 Å². The van der Waals surface area contributed by atoms with Crippen molar-refractivity contribution in [1.29, 1.82) is 0 Å². The van der Waals surface area contributed by atoms with Gasteiger partial charge in [0.1, 0.15) is 0 Å². The van der Waals surface area contributed by atoms with Gasteiger partial charge in [-0.3, -0.25) is 9.97 Å². The summed E-state index contributed by atoms with van der Waals surface area (Å²) >= 11 is 0. The summed E-state index contributed by atoms with van der Waals surface area (Å²) in [4.78, 5) is 9.10. The van der Waals surface area contributed by atoms with Crippen molar-refractivity contribution in [1.82, 2.24) is 9.97 Å². The molecule has 19 heavy (non-hydrogen) atoms. The lowest BCUT2D eigenvalue weighted by molar-refractivity contribution is 1.31. The highest BCUT2D eigenvalue weighted by Gasteiger charge is 2.10. The molecular weight excluding hydrogens is 232 g/mol. The van der Waals surface area contributed by atoms with Crippen LogP contribution in [0.1, 0.15) is 5.56 Å². The van der Waals surface area contributed by atoms with Crippen molar-refractivity contribution in [3.8, 4) is 0 Å². The van der Waals surface area contributed by atoms with E-state index in [-0.39, 0.29) is 0 Å². The van der Waals surface area contributed by atoms with Gasteiger partial charge >= 0.3 is 0 Å². The third-order valence-corrected chi connectivity index (χ3v) is 3.68. The van der Waals surface area contributed by atoms with Crippen LogP contribution in [0.3, 0.4) is 0 Å². The Hall–Kier alpha value is -2.48. The normalized spacial score (nSPS) is 11.4. The van der Waals surface area contributed by atoms with Crippen molar-refractivity contribution < 1.29 is 0 Å². The van der Waals surface area contributed by atoms with Crippen LogP contribution >= 0.6 is 0 Å². The average molecular weight is 244 g/mol. The predicted molar refractivity (Wildman–Crippen MR) is 79.3 cm³/mol. The Labute approximate surface area is 110 Å². The van der Waals surface area contributed by atoms with Crippen LogP contribution in [0, 0.1) is 6.92 Å². The minimum atomic E-state index is 0.986. The topological polar surface area (TPSA) is 25.8 Å². The first-order valence-electron chi connectivity index (χ1n) is 6.37. The first kappa shape index (κ1) is 10.4. The third-order valence-electron chi connectivity index (χ3n) is 3.68.